The Labute approximate surface area is 107 Å². The fourth-order valence-electron chi connectivity index (χ4n) is 2.50. The maximum Gasteiger partial charge on any atom is 0.0728 e. The summed E-state index contributed by atoms with van der Waals surface area (Å²) < 4.78 is 6.03. The summed E-state index contributed by atoms with van der Waals surface area (Å²) in [6.07, 6.45) is 4.96. The van der Waals surface area contributed by atoms with E-state index < -0.39 is 0 Å². The molecule has 2 N–H and O–H groups in total. The molecule has 0 radical (unpaired) electrons. The van der Waals surface area contributed by atoms with Crippen LogP contribution in [0.2, 0.25) is 0 Å². The lowest BCUT2D eigenvalue weighted by molar-refractivity contribution is -0.0161. The highest BCUT2D eigenvalue weighted by atomic mass is 16.5. The largest absolute Gasteiger partial charge is 0.377 e. The third kappa shape index (κ3) is 5.39. The van der Waals surface area contributed by atoms with Crippen LogP contribution in [0, 0.1) is 17.3 Å². The van der Waals surface area contributed by atoms with Crippen molar-refractivity contribution < 1.29 is 4.74 Å². The fraction of sp³-hybridized carbons (Fsp3) is 1.00. The van der Waals surface area contributed by atoms with E-state index >= 15 is 0 Å². The SMILES string of the molecule is CC(C)C1CCC(N)C(OCCC(C)(C)C)C1. The molecule has 0 aromatic rings. The van der Waals surface area contributed by atoms with Crippen molar-refractivity contribution >= 4 is 0 Å². The third-order valence-electron chi connectivity index (χ3n) is 4.01. The van der Waals surface area contributed by atoms with E-state index in [1.165, 1.54) is 6.42 Å². The number of hydrogen-bond acceptors (Lipinski definition) is 2. The highest BCUT2D eigenvalue weighted by molar-refractivity contribution is 4.84. The van der Waals surface area contributed by atoms with Crippen molar-refractivity contribution in [2.24, 2.45) is 23.0 Å². The van der Waals surface area contributed by atoms with Crippen molar-refractivity contribution in [2.75, 3.05) is 6.61 Å². The molecule has 1 aliphatic carbocycles. The van der Waals surface area contributed by atoms with Crippen LogP contribution in [-0.2, 0) is 4.74 Å². The average Bonchev–Trinajstić information content (AvgIpc) is 2.18. The smallest absolute Gasteiger partial charge is 0.0728 e. The van der Waals surface area contributed by atoms with Gasteiger partial charge in [-0.15, -0.1) is 0 Å². The standard InChI is InChI=1S/C15H31NO/c1-11(2)12-6-7-13(16)14(10-12)17-9-8-15(3,4)5/h11-14H,6-10,16H2,1-5H3. The summed E-state index contributed by atoms with van der Waals surface area (Å²) >= 11 is 0. The molecule has 102 valence electrons. The number of ether oxygens (including phenoxy) is 1. The van der Waals surface area contributed by atoms with Crippen LogP contribution in [0.3, 0.4) is 0 Å². The Balaban J connectivity index is 2.35. The van der Waals surface area contributed by atoms with Gasteiger partial charge in [-0.3, -0.25) is 0 Å². The van der Waals surface area contributed by atoms with E-state index in [1.807, 2.05) is 0 Å². The lowest BCUT2D eigenvalue weighted by Crippen LogP contribution is -2.43. The summed E-state index contributed by atoms with van der Waals surface area (Å²) in [4.78, 5) is 0. The molecule has 0 aromatic heterocycles. The maximum atomic E-state index is 6.17. The molecule has 2 nitrogen and oxygen atoms in total. The van der Waals surface area contributed by atoms with Gasteiger partial charge in [-0.05, 0) is 42.9 Å². The van der Waals surface area contributed by atoms with Crippen LogP contribution in [0.4, 0.5) is 0 Å². The van der Waals surface area contributed by atoms with Gasteiger partial charge in [0.1, 0.15) is 0 Å². The zero-order valence-corrected chi connectivity index (χ0v) is 12.3. The first kappa shape index (κ1) is 15.0. The highest BCUT2D eigenvalue weighted by Gasteiger charge is 2.30. The first-order chi connectivity index (χ1) is 7.79. The van der Waals surface area contributed by atoms with Crippen LogP contribution in [0.1, 0.15) is 60.3 Å². The lowest BCUT2D eigenvalue weighted by atomic mass is 9.78. The molecule has 0 bridgehead atoms. The van der Waals surface area contributed by atoms with Crippen molar-refractivity contribution in [3.05, 3.63) is 0 Å². The molecule has 3 unspecified atom stereocenters. The van der Waals surface area contributed by atoms with Crippen molar-refractivity contribution in [3.8, 4) is 0 Å². The minimum Gasteiger partial charge on any atom is -0.377 e. The van der Waals surface area contributed by atoms with Crippen molar-refractivity contribution in [1.29, 1.82) is 0 Å². The van der Waals surface area contributed by atoms with Gasteiger partial charge in [-0.25, -0.2) is 0 Å². The van der Waals surface area contributed by atoms with Crippen LogP contribution in [0.15, 0.2) is 0 Å². The molecule has 17 heavy (non-hydrogen) atoms. The first-order valence-corrected chi connectivity index (χ1v) is 7.17. The van der Waals surface area contributed by atoms with E-state index in [0.29, 0.717) is 11.5 Å². The predicted octanol–water partition coefficient (Wildman–Crippen LogP) is 3.59. The van der Waals surface area contributed by atoms with Gasteiger partial charge in [0.15, 0.2) is 0 Å². The molecular formula is C15H31NO. The summed E-state index contributed by atoms with van der Waals surface area (Å²) in [5, 5.41) is 0. The Bertz CT molecular complexity index is 219. The van der Waals surface area contributed by atoms with Gasteiger partial charge in [-0.1, -0.05) is 34.6 Å². The van der Waals surface area contributed by atoms with Crippen molar-refractivity contribution in [1.82, 2.24) is 0 Å². The molecule has 0 aromatic carbocycles. The fourth-order valence-corrected chi connectivity index (χ4v) is 2.50. The topological polar surface area (TPSA) is 35.2 Å². The average molecular weight is 241 g/mol. The van der Waals surface area contributed by atoms with E-state index in [0.717, 1.165) is 37.7 Å². The number of rotatable bonds is 4. The lowest BCUT2D eigenvalue weighted by Gasteiger charge is -2.36. The number of nitrogens with two attached hydrogens (primary N) is 1. The molecule has 1 rings (SSSR count). The minimum absolute atomic E-state index is 0.255. The van der Waals surface area contributed by atoms with Gasteiger partial charge >= 0.3 is 0 Å². The molecule has 1 saturated carbocycles. The summed E-state index contributed by atoms with van der Waals surface area (Å²) in [6, 6.07) is 0.255. The van der Waals surface area contributed by atoms with E-state index in [9.17, 15) is 0 Å². The van der Waals surface area contributed by atoms with Crippen LogP contribution in [0.25, 0.3) is 0 Å². The molecule has 0 heterocycles. The monoisotopic (exact) mass is 241 g/mol. The normalized spacial score (nSPS) is 30.9. The second-order valence-corrected chi connectivity index (χ2v) is 7.20. The van der Waals surface area contributed by atoms with E-state index in [1.54, 1.807) is 0 Å². The Morgan fingerprint density at radius 3 is 2.41 bits per heavy atom. The summed E-state index contributed by atoms with van der Waals surface area (Å²) in [6.45, 7) is 12.3. The zero-order chi connectivity index (χ0) is 13.1. The quantitative estimate of drug-likeness (QED) is 0.816. The Morgan fingerprint density at radius 2 is 1.88 bits per heavy atom. The van der Waals surface area contributed by atoms with Gasteiger partial charge in [0, 0.05) is 12.6 Å². The van der Waals surface area contributed by atoms with E-state index in [-0.39, 0.29) is 6.04 Å². The predicted molar refractivity (Wildman–Crippen MR) is 74.0 cm³/mol. The van der Waals surface area contributed by atoms with Crippen molar-refractivity contribution in [2.45, 2.75) is 72.4 Å². The van der Waals surface area contributed by atoms with Crippen LogP contribution >= 0.6 is 0 Å². The summed E-state index contributed by atoms with van der Waals surface area (Å²) in [5.41, 5.74) is 6.52. The Hall–Kier alpha value is -0.0800. The molecule has 2 heteroatoms. The molecule has 1 fully saturated rings. The van der Waals surface area contributed by atoms with Gasteiger partial charge in [0.2, 0.25) is 0 Å². The third-order valence-corrected chi connectivity index (χ3v) is 4.01. The zero-order valence-electron chi connectivity index (χ0n) is 12.3. The molecular weight excluding hydrogens is 210 g/mol. The molecule has 0 saturated heterocycles. The van der Waals surface area contributed by atoms with Gasteiger partial charge in [0.25, 0.3) is 0 Å². The van der Waals surface area contributed by atoms with Crippen LogP contribution in [0.5, 0.6) is 0 Å². The van der Waals surface area contributed by atoms with Gasteiger partial charge in [-0.2, -0.15) is 0 Å². The van der Waals surface area contributed by atoms with Crippen molar-refractivity contribution in [3.63, 3.8) is 0 Å². The molecule has 0 spiro atoms. The summed E-state index contributed by atoms with van der Waals surface area (Å²) in [7, 11) is 0. The molecule has 0 aliphatic heterocycles. The van der Waals surface area contributed by atoms with Crippen LogP contribution in [-0.4, -0.2) is 18.8 Å². The molecule has 3 atom stereocenters. The minimum atomic E-state index is 0.255. The van der Waals surface area contributed by atoms with Crippen LogP contribution < -0.4 is 5.73 Å². The number of hydrogen-bond donors (Lipinski definition) is 1. The molecule has 1 aliphatic rings. The van der Waals surface area contributed by atoms with Gasteiger partial charge in [0.05, 0.1) is 6.10 Å². The van der Waals surface area contributed by atoms with E-state index in [2.05, 4.69) is 34.6 Å². The first-order valence-electron chi connectivity index (χ1n) is 7.17. The van der Waals surface area contributed by atoms with Gasteiger partial charge < -0.3 is 10.5 Å². The second kappa shape index (κ2) is 6.19. The highest BCUT2D eigenvalue weighted by Crippen LogP contribution is 2.31. The Morgan fingerprint density at radius 1 is 1.24 bits per heavy atom. The Kier molecular flexibility index (Phi) is 5.46. The summed E-state index contributed by atoms with van der Waals surface area (Å²) in [5.74, 6) is 1.56. The maximum absolute atomic E-state index is 6.17. The second-order valence-electron chi connectivity index (χ2n) is 7.20. The molecule has 0 amide bonds. The van der Waals surface area contributed by atoms with E-state index in [4.69, 9.17) is 10.5 Å².